The van der Waals surface area contributed by atoms with E-state index in [4.69, 9.17) is 9.84 Å². The molecule has 7 heteroatoms. The number of nitrogens with zero attached hydrogens (tertiary/aromatic N) is 1. The number of benzene rings is 3. The number of carboxylic acids is 1. The normalized spacial score (nSPS) is 12.5. The maximum absolute atomic E-state index is 13.5. The molecule has 0 radical (unpaired) electrons. The minimum atomic E-state index is -4.50. The summed E-state index contributed by atoms with van der Waals surface area (Å²) in [7, 11) is 0. The van der Waals surface area contributed by atoms with Crippen LogP contribution in [0.25, 0.3) is 22.0 Å². The molecule has 0 bridgehead atoms. The molecule has 4 rings (SSSR count). The average molecular weight is 465 g/mol. The number of aliphatic carboxylic acids is 1. The zero-order chi connectivity index (χ0) is 24.5. The smallest absolute Gasteiger partial charge is 0.418 e. The number of alkyl halides is 3. The van der Waals surface area contributed by atoms with E-state index >= 15 is 0 Å². The van der Waals surface area contributed by atoms with E-state index in [1.165, 1.54) is 12.3 Å². The van der Waals surface area contributed by atoms with Gasteiger partial charge in [0.15, 0.2) is 0 Å². The van der Waals surface area contributed by atoms with Gasteiger partial charge in [-0.3, -0.25) is 9.78 Å². The van der Waals surface area contributed by atoms with Crippen molar-refractivity contribution in [3.63, 3.8) is 0 Å². The first-order chi connectivity index (χ1) is 16.1. The summed E-state index contributed by atoms with van der Waals surface area (Å²) in [4.78, 5) is 15.2. The molecule has 1 heterocycles. The summed E-state index contributed by atoms with van der Waals surface area (Å²) in [5, 5.41) is 9.56. The molecule has 0 saturated carbocycles. The number of hydrogen-bond donors (Lipinski definition) is 1. The van der Waals surface area contributed by atoms with E-state index in [1.54, 1.807) is 43.3 Å². The second-order valence-corrected chi connectivity index (χ2v) is 8.13. The number of ether oxygens (including phenoxy) is 1. The average Bonchev–Trinajstić information content (AvgIpc) is 2.81. The molecule has 0 aliphatic rings. The molecule has 0 aliphatic heterocycles. The fourth-order valence-corrected chi connectivity index (χ4v) is 3.89. The summed E-state index contributed by atoms with van der Waals surface area (Å²) in [6, 6.07) is 18.4. The van der Waals surface area contributed by atoms with E-state index in [1.807, 2.05) is 25.1 Å². The van der Waals surface area contributed by atoms with Crippen molar-refractivity contribution in [2.75, 3.05) is 0 Å². The highest BCUT2D eigenvalue weighted by Crippen LogP contribution is 2.38. The van der Waals surface area contributed by atoms with Crippen LogP contribution in [-0.2, 0) is 17.6 Å². The number of halogens is 3. The van der Waals surface area contributed by atoms with Gasteiger partial charge in [0, 0.05) is 11.6 Å². The van der Waals surface area contributed by atoms with Crippen molar-refractivity contribution in [3.05, 3.63) is 95.2 Å². The van der Waals surface area contributed by atoms with Gasteiger partial charge in [0.25, 0.3) is 0 Å². The summed E-state index contributed by atoms with van der Waals surface area (Å²) in [5.74, 6) is -0.915. The van der Waals surface area contributed by atoms with Gasteiger partial charge in [0.2, 0.25) is 0 Å². The van der Waals surface area contributed by atoms with Crippen molar-refractivity contribution in [1.82, 2.24) is 4.98 Å². The van der Waals surface area contributed by atoms with Crippen molar-refractivity contribution in [2.45, 2.75) is 32.5 Å². The van der Waals surface area contributed by atoms with Gasteiger partial charge in [-0.1, -0.05) is 48.5 Å². The van der Waals surface area contributed by atoms with Gasteiger partial charge in [-0.25, -0.2) is 0 Å². The second kappa shape index (κ2) is 9.17. The van der Waals surface area contributed by atoms with Crippen molar-refractivity contribution in [2.24, 2.45) is 0 Å². The highest BCUT2D eigenvalue weighted by molar-refractivity contribution is 5.97. The van der Waals surface area contributed by atoms with Gasteiger partial charge in [-0.05, 0) is 59.9 Å². The van der Waals surface area contributed by atoms with Crippen molar-refractivity contribution in [3.8, 4) is 16.9 Å². The SMILES string of the molecule is Cc1cnc2c(C(F)(F)F)cccc2c1-c1cccc(OCc2ccc([C@H](C)C(=O)O)cc2)c1. The number of carbonyl (C=O) groups is 1. The van der Waals surface area contributed by atoms with Crippen LogP contribution in [0.15, 0.2) is 72.9 Å². The van der Waals surface area contributed by atoms with Crippen molar-refractivity contribution in [1.29, 1.82) is 0 Å². The van der Waals surface area contributed by atoms with Crippen LogP contribution in [-0.4, -0.2) is 16.1 Å². The third kappa shape index (κ3) is 4.73. The molecule has 0 fully saturated rings. The van der Waals surface area contributed by atoms with Gasteiger partial charge in [-0.15, -0.1) is 0 Å². The Morgan fingerprint density at radius 2 is 1.76 bits per heavy atom. The molecular formula is C27H22F3NO3. The lowest BCUT2D eigenvalue weighted by atomic mass is 9.95. The Balaban J connectivity index is 1.62. The second-order valence-electron chi connectivity index (χ2n) is 8.13. The van der Waals surface area contributed by atoms with Gasteiger partial charge in [0.05, 0.1) is 17.0 Å². The molecular weight excluding hydrogens is 443 g/mol. The van der Waals surface area contributed by atoms with E-state index in [0.717, 1.165) is 22.8 Å². The Hall–Kier alpha value is -3.87. The van der Waals surface area contributed by atoms with E-state index in [9.17, 15) is 18.0 Å². The first-order valence-corrected chi connectivity index (χ1v) is 10.7. The predicted molar refractivity (Wildman–Crippen MR) is 124 cm³/mol. The molecule has 1 atom stereocenters. The predicted octanol–water partition coefficient (Wildman–Crippen LogP) is 7.00. The van der Waals surface area contributed by atoms with Crippen molar-refractivity contribution < 1.29 is 27.8 Å². The van der Waals surface area contributed by atoms with Crippen LogP contribution in [0.2, 0.25) is 0 Å². The van der Waals surface area contributed by atoms with Crippen LogP contribution in [0, 0.1) is 6.92 Å². The monoisotopic (exact) mass is 465 g/mol. The maximum Gasteiger partial charge on any atom is 0.418 e. The molecule has 0 aliphatic carbocycles. The molecule has 3 aromatic carbocycles. The first kappa shape index (κ1) is 23.3. The molecule has 1 aromatic heterocycles. The first-order valence-electron chi connectivity index (χ1n) is 10.7. The van der Waals surface area contributed by atoms with Gasteiger partial charge in [0.1, 0.15) is 12.4 Å². The van der Waals surface area contributed by atoms with Crippen LogP contribution in [0.3, 0.4) is 0 Å². The number of rotatable bonds is 6. The molecule has 0 saturated heterocycles. The summed E-state index contributed by atoms with van der Waals surface area (Å²) >= 11 is 0. The quantitative estimate of drug-likeness (QED) is 0.333. The Kier molecular flexibility index (Phi) is 6.28. The van der Waals surface area contributed by atoms with Crippen LogP contribution in [0.1, 0.15) is 35.1 Å². The number of pyridine rings is 1. The molecule has 4 nitrogen and oxygen atoms in total. The highest BCUT2D eigenvalue weighted by Gasteiger charge is 2.33. The summed E-state index contributed by atoms with van der Waals surface area (Å²) < 4.78 is 46.4. The Morgan fingerprint density at radius 1 is 1.06 bits per heavy atom. The standard InChI is InChI=1S/C27H22F3NO3/c1-16-14-31-25-22(7-4-8-23(25)27(28,29)30)24(16)20-5-3-6-21(13-20)34-15-18-9-11-19(12-10-18)17(2)26(32)33/h3-14,17H,15H2,1-2H3,(H,32,33)/t17-/m0/s1. The number of para-hydroxylation sites is 1. The molecule has 4 aromatic rings. The minimum Gasteiger partial charge on any atom is -0.489 e. The zero-order valence-electron chi connectivity index (χ0n) is 18.6. The molecule has 34 heavy (non-hydrogen) atoms. The van der Waals surface area contributed by atoms with E-state index in [-0.39, 0.29) is 12.1 Å². The number of hydrogen-bond acceptors (Lipinski definition) is 3. The molecule has 0 spiro atoms. The number of carboxylic acid groups (broad SMARTS) is 1. The van der Waals surface area contributed by atoms with Crippen LogP contribution in [0.4, 0.5) is 13.2 Å². The molecule has 0 amide bonds. The van der Waals surface area contributed by atoms with Gasteiger partial charge < -0.3 is 9.84 Å². The lowest BCUT2D eigenvalue weighted by molar-refractivity contribution is -0.138. The molecule has 1 N–H and O–H groups in total. The minimum absolute atomic E-state index is 0.0856. The highest BCUT2D eigenvalue weighted by atomic mass is 19.4. The molecule has 0 unspecified atom stereocenters. The van der Waals surface area contributed by atoms with Crippen LogP contribution in [0.5, 0.6) is 5.75 Å². The summed E-state index contributed by atoms with van der Waals surface area (Å²) in [6.45, 7) is 3.70. The summed E-state index contributed by atoms with van der Waals surface area (Å²) in [6.07, 6.45) is -3.04. The van der Waals surface area contributed by atoms with Crippen LogP contribution >= 0.6 is 0 Å². The maximum atomic E-state index is 13.5. The topological polar surface area (TPSA) is 59.4 Å². The van der Waals surface area contributed by atoms with Gasteiger partial charge >= 0.3 is 12.1 Å². The summed E-state index contributed by atoms with van der Waals surface area (Å²) in [5.41, 5.74) is 2.88. The Bertz CT molecular complexity index is 1350. The number of aryl methyl sites for hydroxylation is 1. The van der Waals surface area contributed by atoms with Gasteiger partial charge in [-0.2, -0.15) is 13.2 Å². The third-order valence-corrected chi connectivity index (χ3v) is 5.77. The fraction of sp³-hybridized carbons (Fsp3) is 0.185. The lowest BCUT2D eigenvalue weighted by Gasteiger charge is -2.15. The Morgan fingerprint density at radius 3 is 2.44 bits per heavy atom. The number of fused-ring (bicyclic) bond motifs is 1. The molecule has 174 valence electrons. The third-order valence-electron chi connectivity index (χ3n) is 5.77. The van der Waals surface area contributed by atoms with E-state index in [0.29, 0.717) is 22.3 Å². The van der Waals surface area contributed by atoms with Crippen LogP contribution < -0.4 is 4.74 Å². The lowest BCUT2D eigenvalue weighted by Crippen LogP contribution is -2.07. The Labute approximate surface area is 194 Å². The largest absolute Gasteiger partial charge is 0.489 e. The fourth-order valence-electron chi connectivity index (χ4n) is 3.89. The zero-order valence-corrected chi connectivity index (χ0v) is 18.6. The van der Waals surface area contributed by atoms with E-state index < -0.39 is 23.6 Å². The van der Waals surface area contributed by atoms with E-state index in [2.05, 4.69) is 4.98 Å². The van der Waals surface area contributed by atoms with Crippen molar-refractivity contribution >= 4 is 16.9 Å². The number of aromatic nitrogens is 1.